The highest BCUT2D eigenvalue weighted by molar-refractivity contribution is 6.31. The molecule has 106 valence electrons. The van der Waals surface area contributed by atoms with Crippen LogP contribution in [0.2, 0.25) is 5.02 Å². The van der Waals surface area contributed by atoms with E-state index in [-0.39, 0.29) is 6.10 Å². The van der Waals surface area contributed by atoms with Crippen LogP contribution in [0.25, 0.3) is 0 Å². The maximum absolute atomic E-state index is 6.11. The molecule has 2 nitrogen and oxygen atoms in total. The lowest BCUT2D eigenvalue weighted by Crippen LogP contribution is -2.23. The standard InChI is InChI=1S/C17H20ClNO/c1-12-6-4-7-15(10-12)20-13(2)11-19-17-9-5-8-16(18)14(17)3/h4-10,13,19H,11H2,1-3H3. The van der Waals surface area contributed by atoms with Crippen molar-refractivity contribution in [3.8, 4) is 5.75 Å². The van der Waals surface area contributed by atoms with E-state index in [1.807, 2.05) is 43.3 Å². The third-order valence-corrected chi connectivity index (χ3v) is 3.58. The Kier molecular flexibility index (Phi) is 4.91. The van der Waals surface area contributed by atoms with E-state index in [1.165, 1.54) is 5.56 Å². The van der Waals surface area contributed by atoms with Gasteiger partial charge in [0.15, 0.2) is 0 Å². The second-order valence-corrected chi connectivity index (χ2v) is 5.45. The smallest absolute Gasteiger partial charge is 0.120 e. The van der Waals surface area contributed by atoms with Crippen LogP contribution >= 0.6 is 11.6 Å². The van der Waals surface area contributed by atoms with Crippen molar-refractivity contribution in [1.82, 2.24) is 0 Å². The predicted octanol–water partition coefficient (Wildman–Crippen LogP) is 4.84. The number of anilines is 1. The van der Waals surface area contributed by atoms with Gasteiger partial charge in [-0.25, -0.2) is 0 Å². The lowest BCUT2D eigenvalue weighted by atomic mass is 10.2. The first kappa shape index (κ1) is 14.7. The Morgan fingerprint density at radius 3 is 2.65 bits per heavy atom. The molecule has 0 aliphatic rings. The molecule has 2 aromatic carbocycles. The van der Waals surface area contributed by atoms with Gasteiger partial charge in [0.25, 0.3) is 0 Å². The van der Waals surface area contributed by atoms with Crippen LogP contribution in [0.3, 0.4) is 0 Å². The summed E-state index contributed by atoms with van der Waals surface area (Å²) in [5, 5.41) is 4.16. The molecule has 20 heavy (non-hydrogen) atoms. The molecular weight excluding hydrogens is 270 g/mol. The second-order valence-electron chi connectivity index (χ2n) is 5.04. The molecule has 3 heteroatoms. The van der Waals surface area contributed by atoms with Crippen molar-refractivity contribution in [3.63, 3.8) is 0 Å². The van der Waals surface area contributed by atoms with Gasteiger partial charge >= 0.3 is 0 Å². The minimum atomic E-state index is 0.0789. The van der Waals surface area contributed by atoms with Gasteiger partial charge < -0.3 is 10.1 Å². The molecule has 0 amide bonds. The van der Waals surface area contributed by atoms with Crippen molar-refractivity contribution >= 4 is 17.3 Å². The first-order chi connectivity index (χ1) is 9.56. The van der Waals surface area contributed by atoms with Gasteiger partial charge in [-0.1, -0.05) is 29.8 Å². The van der Waals surface area contributed by atoms with Crippen molar-refractivity contribution in [2.75, 3.05) is 11.9 Å². The van der Waals surface area contributed by atoms with Crippen LogP contribution in [-0.2, 0) is 0 Å². The van der Waals surface area contributed by atoms with E-state index in [9.17, 15) is 0 Å². The maximum Gasteiger partial charge on any atom is 0.120 e. The highest BCUT2D eigenvalue weighted by Gasteiger charge is 2.06. The fourth-order valence-electron chi connectivity index (χ4n) is 2.02. The maximum atomic E-state index is 6.11. The molecule has 0 spiro atoms. The average Bonchev–Trinajstić information content (AvgIpc) is 2.40. The monoisotopic (exact) mass is 289 g/mol. The SMILES string of the molecule is Cc1cccc(OC(C)CNc2cccc(Cl)c2C)c1. The third kappa shape index (κ3) is 3.91. The van der Waals surface area contributed by atoms with Crippen LogP contribution in [-0.4, -0.2) is 12.6 Å². The normalized spacial score (nSPS) is 12.0. The zero-order valence-electron chi connectivity index (χ0n) is 12.1. The molecule has 2 aromatic rings. The Morgan fingerprint density at radius 1 is 1.15 bits per heavy atom. The van der Waals surface area contributed by atoms with Gasteiger partial charge in [0.05, 0.1) is 6.54 Å². The Hall–Kier alpha value is -1.67. The molecule has 0 radical (unpaired) electrons. The van der Waals surface area contributed by atoms with Gasteiger partial charge in [0.2, 0.25) is 0 Å². The average molecular weight is 290 g/mol. The van der Waals surface area contributed by atoms with Crippen molar-refractivity contribution in [1.29, 1.82) is 0 Å². The molecular formula is C17H20ClNO. The van der Waals surface area contributed by atoms with Crippen molar-refractivity contribution in [3.05, 3.63) is 58.6 Å². The number of rotatable bonds is 5. The molecule has 2 rings (SSSR count). The second kappa shape index (κ2) is 6.67. The van der Waals surface area contributed by atoms with E-state index in [4.69, 9.17) is 16.3 Å². The molecule has 0 saturated carbocycles. The largest absolute Gasteiger partial charge is 0.489 e. The van der Waals surface area contributed by atoms with Crippen LogP contribution in [0.4, 0.5) is 5.69 Å². The minimum Gasteiger partial charge on any atom is -0.489 e. The first-order valence-corrected chi connectivity index (χ1v) is 7.16. The van der Waals surface area contributed by atoms with Gasteiger partial charge in [-0.3, -0.25) is 0 Å². The van der Waals surface area contributed by atoms with E-state index >= 15 is 0 Å². The molecule has 1 unspecified atom stereocenters. The Bertz CT molecular complexity index is 583. The summed E-state index contributed by atoms with van der Waals surface area (Å²) >= 11 is 6.11. The van der Waals surface area contributed by atoms with Crippen molar-refractivity contribution < 1.29 is 4.74 Å². The summed E-state index contributed by atoms with van der Waals surface area (Å²) in [5.74, 6) is 0.905. The highest BCUT2D eigenvalue weighted by Crippen LogP contribution is 2.23. The zero-order valence-corrected chi connectivity index (χ0v) is 12.9. The molecule has 1 N–H and O–H groups in total. The summed E-state index contributed by atoms with van der Waals surface area (Å²) in [5.41, 5.74) is 3.32. The van der Waals surface area contributed by atoms with Gasteiger partial charge in [-0.05, 0) is 56.2 Å². The molecule has 0 aromatic heterocycles. The summed E-state index contributed by atoms with van der Waals surface area (Å²) < 4.78 is 5.89. The van der Waals surface area contributed by atoms with E-state index in [0.717, 1.165) is 28.6 Å². The van der Waals surface area contributed by atoms with E-state index < -0.39 is 0 Å². The van der Waals surface area contributed by atoms with E-state index in [0.29, 0.717) is 0 Å². The number of hydrogen-bond acceptors (Lipinski definition) is 2. The molecule has 0 fully saturated rings. The van der Waals surface area contributed by atoms with Crippen LogP contribution < -0.4 is 10.1 Å². The lowest BCUT2D eigenvalue weighted by Gasteiger charge is -2.17. The number of benzene rings is 2. The summed E-state index contributed by atoms with van der Waals surface area (Å²) in [7, 11) is 0. The molecule has 0 aliphatic heterocycles. The van der Waals surface area contributed by atoms with Crippen molar-refractivity contribution in [2.24, 2.45) is 0 Å². The Morgan fingerprint density at radius 2 is 1.90 bits per heavy atom. The van der Waals surface area contributed by atoms with Crippen molar-refractivity contribution in [2.45, 2.75) is 26.9 Å². The van der Waals surface area contributed by atoms with Gasteiger partial charge in [-0.2, -0.15) is 0 Å². The van der Waals surface area contributed by atoms with E-state index in [2.05, 4.69) is 25.2 Å². The molecule has 0 bridgehead atoms. The fourth-order valence-corrected chi connectivity index (χ4v) is 2.19. The number of halogens is 1. The predicted molar refractivity (Wildman–Crippen MR) is 85.9 cm³/mol. The van der Waals surface area contributed by atoms with Crippen LogP contribution in [0.15, 0.2) is 42.5 Å². The minimum absolute atomic E-state index is 0.0789. The Balaban J connectivity index is 1.92. The molecule has 0 saturated heterocycles. The summed E-state index contributed by atoms with van der Waals surface area (Å²) in [6.45, 7) is 6.85. The zero-order chi connectivity index (χ0) is 14.5. The fraction of sp³-hybridized carbons (Fsp3) is 0.294. The summed E-state index contributed by atoms with van der Waals surface area (Å²) in [6, 6.07) is 14.0. The van der Waals surface area contributed by atoms with Gasteiger partial charge in [-0.15, -0.1) is 0 Å². The summed E-state index contributed by atoms with van der Waals surface area (Å²) in [6.07, 6.45) is 0.0789. The lowest BCUT2D eigenvalue weighted by molar-refractivity contribution is 0.234. The number of hydrogen-bond donors (Lipinski definition) is 1. The third-order valence-electron chi connectivity index (χ3n) is 3.17. The number of aryl methyl sites for hydroxylation is 1. The Labute approximate surface area is 125 Å². The first-order valence-electron chi connectivity index (χ1n) is 6.78. The highest BCUT2D eigenvalue weighted by atomic mass is 35.5. The molecule has 0 heterocycles. The molecule has 0 aliphatic carbocycles. The van der Waals surface area contributed by atoms with Crippen LogP contribution in [0.1, 0.15) is 18.1 Å². The van der Waals surface area contributed by atoms with E-state index in [1.54, 1.807) is 0 Å². The van der Waals surface area contributed by atoms with Crippen LogP contribution in [0.5, 0.6) is 5.75 Å². The van der Waals surface area contributed by atoms with Gasteiger partial charge in [0, 0.05) is 10.7 Å². The van der Waals surface area contributed by atoms with Crippen LogP contribution in [0, 0.1) is 13.8 Å². The van der Waals surface area contributed by atoms with Gasteiger partial charge in [0.1, 0.15) is 11.9 Å². The molecule has 1 atom stereocenters. The topological polar surface area (TPSA) is 21.3 Å². The summed E-state index contributed by atoms with van der Waals surface area (Å²) in [4.78, 5) is 0. The number of nitrogens with one attached hydrogen (secondary N) is 1. The quantitative estimate of drug-likeness (QED) is 0.851. The number of ether oxygens (including phenoxy) is 1.